The zero-order chi connectivity index (χ0) is 27.2. The molecule has 2 heterocycles. The summed E-state index contributed by atoms with van der Waals surface area (Å²) in [5.41, 5.74) is 2.44. The maximum Gasteiger partial charge on any atom is 0.410 e. The molecule has 0 spiro atoms. The van der Waals surface area contributed by atoms with Crippen molar-refractivity contribution in [3.8, 4) is 17.1 Å². The van der Waals surface area contributed by atoms with Crippen LogP contribution in [0.1, 0.15) is 69.7 Å². The van der Waals surface area contributed by atoms with Gasteiger partial charge in [-0.3, -0.25) is 4.79 Å². The van der Waals surface area contributed by atoms with E-state index >= 15 is 0 Å². The zero-order valence-electron chi connectivity index (χ0n) is 21.8. The summed E-state index contributed by atoms with van der Waals surface area (Å²) >= 11 is 7.33. The molecule has 2 aliphatic rings. The van der Waals surface area contributed by atoms with Gasteiger partial charge in [0.15, 0.2) is 0 Å². The highest BCUT2D eigenvalue weighted by Crippen LogP contribution is 2.45. The van der Waals surface area contributed by atoms with Crippen LogP contribution >= 0.6 is 0 Å². The number of hydrogen-bond acceptors (Lipinski definition) is 9. The van der Waals surface area contributed by atoms with Crippen LogP contribution in [-0.2, 0) is 45.6 Å². The fraction of sp³-hybridized carbons (Fsp3) is 0.640. The van der Waals surface area contributed by atoms with E-state index in [0.717, 1.165) is 38.5 Å². The molecule has 0 bridgehead atoms. The van der Waals surface area contributed by atoms with E-state index in [0.29, 0.717) is 41.4 Å². The van der Waals surface area contributed by atoms with Crippen LogP contribution in [0.3, 0.4) is 0 Å². The van der Waals surface area contributed by atoms with E-state index in [2.05, 4.69) is 44.6 Å². The van der Waals surface area contributed by atoms with Gasteiger partial charge < -0.3 is 19.5 Å². The first-order chi connectivity index (χ1) is 17.7. The molecule has 2 fully saturated rings. The number of aryl methyl sites for hydroxylation is 2. The van der Waals surface area contributed by atoms with E-state index in [1.165, 1.54) is 0 Å². The topological polar surface area (TPSA) is 120 Å². The van der Waals surface area contributed by atoms with Crippen LogP contribution in [0.4, 0.5) is 4.79 Å². The third kappa shape index (κ3) is 6.78. The standard InChI is InChI=1S/C25H35N5O5.S2/c1-5-11-25(12-13-25)29(3)24(33)34-15-20-22(27-28-30(20)4)19-9-10-21(16(2)26-19)35-18-8-6-7-17(14-18)23(31)32;1-2/h9-10,17-18H,5-8,11-15H2,1-4H3,(H,31,32);/t17-,18-;/m0./s1. The molecule has 202 valence electrons. The fourth-order valence-electron chi connectivity index (χ4n) is 4.98. The number of hydrogen-bond donors (Lipinski definition) is 1. The van der Waals surface area contributed by atoms with E-state index in [4.69, 9.17) is 9.47 Å². The van der Waals surface area contributed by atoms with Crippen LogP contribution in [0.15, 0.2) is 12.1 Å². The highest BCUT2D eigenvalue weighted by Gasteiger charge is 2.48. The van der Waals surface area contributed by atoms with Gasteiger partial charge in [0.1, 0.15) is 23.7 Å². The molecule has 2 aromatic heterocycles. The molecular formula is C25H35N5O5S2. The molecule has 2 aromatic rings. The van der Waals surface area contributed by atoms with Crippen molar-refractivity contribution < 1.29 is 24.2 Å². The fourth-order valence-corrected chi connectivity index (χ4v) is 4.98. The van der Waals surface area contributed by atoms with E-state index in [1.807, 2.05) is 26.1 Å². The zero-order valence-corrected chi connectivity index (χ0v) is 23.4. The lowest BCUT2D eigenvalue weighted by molar-refractivity contribution is -0.143. The van der Waals surface area contributed by atoms with Crippen LogP contribution in [-0.4, -0.2) is 60.7 Å². The summed E-state index contributed by atoms with van der Waals surface area (Å²) in [5.74, 6) is -0.487. The number of carbonyl (C=O) groups excluding carboxylic acids is 1. The Morgan fingerprint density at radius 3 is 2.62 bits per heavy atom. The molecule has 37 heavy (non-hydrogen) atoms. The maximum absolute atomic E-state index is 12.7. The molecule has 0 aromatic carbocycles. The number of carboxylic acids is 1. The van der Waals surface area contributed by atoms with E-state index in [9.17, 15) is 14.7 Å². The third-order valence-corrected chi connectivity index (χ3v) is 7.35. The van der Waals surface area contributed by atoms with Gasteiger partial charge in [0.25, 0.3) is 0 Å². The van der Waals surface area contributed by atoms with Crippen LogP contribution in [0, 0.1) is 12.8 Å². The van der Waals surface area contributed by atoms with Gasteiger partial charge in [-0.15, -0.1) is 5.10 Å². The predicted octanol–water partition coefficient (Wildman–Crippen LogP) is 4.10. The van der Waals surface area contributed by atoms with Gasteiger partial charge >= 0.3 is 12.1 Å². The number of pyridine rings is 1. The van der Waals surface area contributed by atoms with Gasteiger partial charge in [0, 0.05) is 42.0 Å². The number of aliphatic carboxylic acids is 1. The molecule has 1 N–H and O–H groups in total. The van der Waals surface area contributed by atoms with Crippen LogP contribution in [0.5, 0.6) is 5.75 Å². The van der Waals surface area contributed by atoms with Gasteiger partial charge in [-0.2, -0.15) is 0 Å². The summed E-state index contributed by atoms with van der Waals surface area (Å²) in [6.07, 6.45) is 6.42. The van der Waals surface area contributed by atoms with Crippen molar-refractivity contribution >= 4 is 34.4 Å². The second kappa shape index (κ2) is 12.7. The molecule has 12 heteroatoms. The van der Waals surface area contributed by atoms with Crippen molar-refractivity contribution in [3.05, 3.63) is 23.5 Å². The van der Waals surface area contributed by atoms with Gasteiger partial charge in [-0.05, 0) is 64.0 Å². The van der Waals surface area contributed by atoms with Crippen molar-refractivity contribution in [1.82, 2.24) is 24.9 Å². The summed E-state index contributed by atoms with van der Waals surface area (Å²) < 4.78 is 13.3. The molecule has 0 unspecified atom stereocenters. The minimum Gasteiger partial charge on any atom is -0.489 e. The molecule has 2 atom stereocenters. The molecule has 2 saturated carbocycles. The SMILES string of the molecule is CCCC1(N(C)C(=O)OCc2c(-c3ccc(O[C@H]4CCC[C@H](C(=O)O)C4)c(C)n3)nnn2C)CC1.S=S. The summed E-state index contributed by atoms with van der Waals surface area (Å²) in [5, 5.41) is 17.7. The quantitative estimate of drug-likeness (QED) is 0.489. The van der Waals surface area contributed by atoms with Crippen LogP contribution in [0.25, 0.3) is 11.4 Å². The number of carboxylic acid groups (broad SMARTS) is 1. The average molecular weight is 550 g/mol. The molecule has 1 amide bonds. The number of ether oxygens (including phenoxy) is 2. The van der Waals surface area contributed by atoms with E-state index < -0.39 is 5.97 Å². The summed E-state index contributed by atoms with van der Waals surface area (Å²) in [6.45, 7) is 4.02. The number of amides is 1. The average Bonchev–Trinajstić information content (AvgIpc) is 3.59. The predicted molar refractivity (Wildman–Crippen MR) is 143 cm³/mol. The van der Waals surface area contributed by atoms with Gasteiger partial charge in [-0.1, -0.05) is 18.6 Å². The van der Waals surface area contributed by atoms with Crippen molar-refractivity contribution in [2.75, 3.05) is 7.05 Å². The maximum atomic E-state index is 12.7. The minimum atomic E-state index is -0.761. The monoisotopic (exact) mass is 549 g/mol. The molecule has 4 rings (SSSR count). The first-order valence-corrected chi connectivity index (χ1v) is 13.9. The van der Waals surface area contributed by atoms with Crippen molar-refractivity contribution in [3.63, 3.8) is 0 Å². The summed E-state index contributed by atoms with van der Waals surface area (Å²) in [7, 11) is 3.57. The van der Waals surface area contributed by atoms with Crippen LogP contribution < -0.4 is 4.74 Å². The number of rotatable bonds is 9. The molecular weight excluding hydrogens is 514 g/mol. The number of carbonyl (C=O) groups is 2. The lowest BCUT2D eigenvalue weighted by Crippen LogP contribution is -2.39. The highest BCUT2D eigenvalue weighted by molar-refractivity contribution is 8.07. The Morgan fingerprint density at radius 2 is 2.00 bits per heavy atom. The number of aromatic nitrogens is 4. The second-order valence-corrected chi connectivity index (χ2v) is 9.82. The Kier molecular flexibility index (Phi) is 9.88. The van der Waals surface area contributed by atoms with Crippen molar-refractivity contribution in [2.45, 2.75) is 83.5 Å². The van der Waals surface area contributed by atoms with E-state index in [-0.39, 0.29) is 30.3 Å². The Balaban J connectivity index is 0.00000186. The number of nitrogens with zero attached hydrogens (tertiary/aromatic N) is 5. The van der Waals surface area contributed by atoms with Crippen LogP contribution in [0.2, 0.25) is 0 Å². The lowest BCUT2D eigenvalue weighted by Gasteiger charge is -2.27. The van der Waals surface area contributed by atoms with Crippen molar-refractivity contribution in [2.24, 2.45) is 13.0 Å². The highest BCUT2D eigenvalue weighted by atomic mass is 32.8. The molecule has 2 aliphatic carbocycles. The summed E-state index contributed by atoms with van der Waals surface area (Å²) in [6, 6.07) is 3.64. The second-order valence-electron chi connectivity index (χ2n) is 9.82. The Bertz CT molecular complexity index is 1110. The Hall–Kier alpha value is -2.73. The Labute approximate surface area is 227 Å². The smallest absolute Gasteiger partial charge is 0.410 e. The van der Waals surface area contributed by atoms with E-state index in [1.54, 1.807) is 16.6 Å². The van der Waals surface area contributed by atoms with Gasteiger partial charge in [-0.25, -0.2) is 14.5 Å². The molecule has 10 nitrogen and oxygen atoms in total. The lowest BCUT2D eigenvalue weighted by atomic mass is 9.87. The molecule has 0 radical (unpaired) electrons. The first-order valence-electron chi connectivity index (χ1n) is 12.6. The van der Waals surface area contributed by atoms with Crippen molar-refractivity contribution in [1.29, 1.82) is 0 Å². The normalized spacial score (nSPS) is 19.8. The Morgan fingerprint density at radius 1 is 1.27 bits per heavy atom. The minimum absolute atomic E-state index is 0.0435. The molecule has 0 aliphatic heterocycles. The van der Waals surface area contributed by atoms with Gasteiger partial charge in [0.2, 0.25) is 0 Å². The third-order valence-electron chi connectivity index (χ3n) is 7.35. The molecule has 0 saturated heterocycles. The van der Waals surface area contributed by atoms with Gasteiger partial charge in [0.05, 0.1) is 23.4 Å². The first kappa shape index (κ1) is 28.8. The summed E-state index contributed by atoms with van der Waals surface area (Å²) in [4.78, 5) is 30.4. The largest absolute Gasteiger partial charge is 0.489 e.